The van der Waals surface area contributed by atoms with Crippen LogP contribution in [0.3, 0.4) is 0 Å². The molecule has 0 heterocycles. The van der Waals surface area contributed by atoms with E-state index < -0.39 is 0 Å². The van der Waals surface area contributed by atoms with Crippen molar-refractivity contribution in [3.63, 3.8) is 0 Å². The summed E-state index contributed by atoms with van der Waals surface area (Å²) in [5.41, 5.74) is 1.17. The molecular weight excluding hydrogens is 412 g/mol. The van der Waals surface area contributed by atoms with Crippen LogP contribution in [0.2, 0.25) is 0 Å². The first-order valence-corrected chi connectivity index (χ1v) is 12.0. The average Bonchev–Trinajstić information content (AvgIpc) is 2.82. The molecule has 32 heavy (non-hydrogen) atoms. The minimum Gasteiger partial charge on any atom is -0.379 e. The van der Waals surface area contributed by atoms with E-state index in [2.05, 4.69) is 6.92 Å². The van der Waals surface area contributed by atoms with E-state index in [1.807, 2.05) is 30.3 Å². The Bertz CT molecular complexity index is 473. The number of hydrogen-bond donors (Lipinski definition) is 0. The molecule has 0 N–H and O–H groups in total. The van der Waals surface area contributed by atoms with Crippen LogP contribution in [0.4, 0.5) is 0 Å². The first-order chi connectivity index (χ1) is 15.9. The Hall–Kier alpha value is -1.06. The van der Waals surface area contributed by atoms with Crippen molar-refractivity contribution in [1.82, 2.24) is 0 Å². The van der Waals surface area contributed by atoms with Crippen molar-refractivity contribution < 1.29 is 33.2 Å². The van der Waals surface area contributed by atoms with Crippen LogP contribution >= 0.6 is 0 Å². The molecule has 1 aromatic rings. The Morgan fingerprint density at radius 2 is 0.844 bits per heavy atom. The summed E-state index contributed by atoms with van der Waals surface area (Å²) in [6.07, 6.45) is 4.93. The zero-order chi connectivity index (χ0) is 22.8. The molecule has 0 atom stereocenters. The Morgan fingerprint density at radius 1 is 0.438 bits per heavy atom. The third-order valence-electron chi connectivity index (χ3n) is 4.49. The quantitative estimate of drug-likeness (QED) is 0.207. The van der Waals surface area contributed by atoms with Gasteiger partial charge in [0.15, 0.2) is 0 Å². The smallest absolute Gasteiger partial charge is 0.0718 e. The lowest BCUT2D eigenvalue weighted by atomic mass is 10.2. The van der Waals surface area contributed by atoms with Gasteiger partial charge in [-0.25, -0.2) is 0 Å². The van der Waals surface area contributed by atoms with Crippen molar-refractivity contribution in [2.45, 2.75) is 39.2 Å². The first kappa shape index (κ1) is 29.0. The Morgan fingerprint density at radius 3 is 1.28 bits per heavy atom. The highest BCUT2D eigenvalue weighted by Gasteiger charge is 1.95. The molecule has 7 nitrogen and oxygen atoms in total. The molecular formula is C25H44O7. The molecule has 0 saturated heterocycles. The van der Waals surface area contributed by atoms with Crippen LogP contribution in [0.25, 0.3) is 0 Å². The van der Waals surface area contributed by atoms with Crippen molar-refractivity contribution in [3.05, 3.63) is 35.9 Å². The second-order valence-electron chi connectivity index (χ2n) is 7.27. The summed E-state index contributed by atoms with van der Waals surface area (Å²) in [7, 11) is 0. The fourth-order valence-electron chi connectivity index (χ4n) is 2.71. The van der Waals surface area contributed by atoms with E-state index >= 15 is 0 Å². The van der Waals surface area contributed by atoms with Crippen molar-refractivity contribution in [2.75, 3.05) is 85.9 Å². The monoisotopic (exact) mass is 456 g/mol. The summed E-state index contributed by atoms with van der Waals surface area (Å²) in [4.78, 5) is 0. The van der Waals surface area contributed by atoms with Crippen LogP contribution in [0.15, 0.2) is 30.3 Å². The standard InChI is InChI=1S/C25H44O7/c1-2-3-4-8-11-26-12-13-27-14-15-28-16-17-29-18-19-30-20-21-31-22-23-32-24-25-9-6-5-7-10-25/h5-7,9-10H,2-4,8,11-24H2,1H3. The fourth-order valence-corrected chi connectivity index (χ4v) is 2.71. The molecule has 7 heteroatoms. The molecule has 1 rings (SSSR count). The molecule has 0 radical (unpaired) electrons. The molecule has 0 aliphatic carbocycles. The molecule has 0 unspecified atom stereocenters. The van der Waals surface area contributed by atoms with Crippen molar-refractivity contribution in [2.24, 2.45) is 0 Å². The maximum Gasteiger partial charge on any atom is 0.0718 e. The summed E-state index contributed by atoms with van der Waals surface area (Å²) >= 11 is 0. The SMILES string of the molecule is CCCCCCOCCOCCOCCOCCOCCOCCOCc1ccccc1. The number of rotatable bonds is 25. The predicted octanol–water partition coefficient (Wildman–Crippen LogP) is 3.88. The van der Waals surface area contributed by atoms with Gasteiger partial charge >= 0.3 is 0 Å². The molecule has 0 saturated carbocycles. The summed E-state index contributed by atoms with van der Waals surface area (Å²) in [6, 6.07) is 10.1. The van der Waals surface area contributed by atoms with Crippen LogP contribution in [-0.4, -0.2) is 85.9 Å². The van der Waals surface area contributed by atoms with Gasteiger partial charge in [0.25, 0.3) is 0 Å². The van der Waals surface area contributed by atoms with Gasteiger partial charge < -0.3 is 33.2 Å². The molecule has 0 spiro atoms. The molecule has 1 aromatic carbocycles. The summed E-state index contributed by atoms with van der Waals surface area (Å²) in [5.74, 6) is 0. The topological polar surface area (TPSA) is 64.6 Å². The maximum absolute atomic E-state index is 5.55. The van der Waals surface area contributed by atoms with Gasteiger partial charge in [-0.05, 0) is 12.0 Å². The van der Waals surface area contributed by atoms with Gasteiger partial charge in [-0.2, -0.15) is 0 Å². The van der Waals surface area contributed by atoms with E-state index in [4.69, 9.17) is 33.2 Å². The minimum atomic E-state index is 0.551. The van der Waals surface area contributed by atoms with E-state index in [1.165, 1.54) is 24.8 Å². The minimum absolute atomic E-state index is 0.551. The lowest BCUT2D eigenvalue weighted by Crippen LogP contribution is -2.14. The number of ether oxygens (including phenoxy) is 7. The van der Waals surface area contributed by atoms with Crippen molar-refractivity contribution >= 4 is 0 Å². The van der Waals surface area contributed by atoms with Gasteiger partial charge in [-0.3, -0.25) is 0 Å². The molecule has 0 aliphatic heterocycles. The number of benzene rings is 1. The average molecular weight is 457 g/mol. The molecule has 186 valence electrons. The summed E-state index contributed by atoms with van der Waals surface area (Å²) < 4.78 is 38.4. The Balaban J connectivity index is 1.64. The van der Waals surface area contributed by atoms with E-state index in [-0.39, 0.29) is 0 Å². The van der Waals surface area contributed by atoms with Gasteiger partial charge in [0, 0.05) is 6.61 Å². The summed E-state index contributed by atoms with van der Waals surface area (Å²) in [5, 5.41) is 0. The third-order valence-corrected chi connectivity index (χ3v) is 4.49. The highest BCUT2D eigenvalue weighted by atomic mass is 16.6. The van der Waals surface area contributed by atoms with Gasteiger partial charge in [-0.15, -0.1) is 0 Å². The third kappa shape index (κ3) is 20.8. The van der Waals surface area contributed by atoms with Gasteiger partial charge in [-0.1, -0.05) is 56.5 Å². The van der Waals surface area contributed by atoms with E-state index in [9.17, 15) is 0 Å². The zero-order valence-electron chi connectivity index (χ0n) is 20.0. The van der Waals surface area contributed by atoms with Crippen LogP contribution in [0, 0.1) is 0 Å². The predicted molar refractivity (Wildman–Crippen MR) is 125 cm³/mol. The second kappa shape index (κ2) is 24.6. The highest BCUT2D eigenvalue weighted by molar-refractivity contribution is 5.13. The van der Waals surface area contributed by atoms with Crippen LogP contribution in [0.5, 0.6) is 0 Å². The molecule has 0 aromatic heterocycles. The van der Waals surface area contributed by atoms with Gasteiger partial charge in [0.1, 0.15) is 0 Å². The van der Waals surface area contributed by atoms with Gasteiger partial charge in [0.05, 0.1) is 85.9 Å². The van der Waals surface area contributed by atoms with E-state index in [0.717, 1.165) is 13.0 Å². The molecule has 0 bridgehead atoms. The first-order valence-electron chi connectivity index (χ1n) is 12.0. The largest absolute Gasteiger partial charge is 0.379 e. The molecule has 0 amide bonds. The van der Waals surface area contributed by atoms with E-state index in [0.29, 0.717) is 85.9 Å². The molecule has 0 fully saturated rings. The summed E-state index contributed by atoms with van der Waals surface area (Å²) in [6.45, 7) is 10.6. The van der Waals surface area contributed by atoms with Crippen LogP contribution in [-0.2, 0) is 39.8 Å². The zero-order valence-corrected chi connectivity index (χ0v) is 20.0. The lowest BCUT2D eigenvalue weighted by Gasteiger charge is -2.08. The van der Waals surface area contributed by atoms with Crippen molar-refractivity contribution in [3.8, 4) is 0 Å². The lowest BCUT2D eigenvalue weighted by molar-refractivity contribution is -0.0212. The maximum atomic E-state index is 5.55. The normalized spacial score (nSPS) is 11.3. The highest BCUT2D eigenvalue weighted by Crippen LogP contribution is 2.00. The Labute approximate surface area is 194 Å². The van der Waals surface area contributed by atoms with Crippen LogP contribution in [0.1, 0.15) is 38.2 Å². The fraction of sp³-hybridized carbons (Fsp3) is 0.760. The Kier molecular flexibility index (Phi) is 22.3. The van der Waals surface area contributed by atoms with E-state index in [1.54, 1.807) is 0 Å². The second-order valence-corrected chi connectivity index (χ2v) is 7.27. The molecule has 0 aliphatic rings. The number of hydrogen-bond acceptors (Lipinski definition) is 7. The van der Waals surface area contributed by atoms with Crippen molar-refractivity contribution in [1.29, 1.82) is 0 Å². The van der Waals surface area contributed by atoms with Gasteiger partial charge in [0.2, 0.25) is 0 Å². The number of unbranched alkanes of at least 4 members (excludes halogenated alkanes) is 3. The van der Waals surface area contributed by atoms with Crippen LogP contribution < -0.4 is 0 Å².